The zero-order valence-corrected chi connectivity index (χ0v) is 22.6. The first kappa shape index (κ1) is 28.1. The number of fused-ring (bicyclic) bond motifs is 1. The van der Waals surface area contributed by atoms with E-state index in [1.165, 1.54) is 13.8 Å². The maximum Gasteiger partial charge on any atom is 0.303 e. The van der Waals surface area contributed by atoms with Gasteiger partial charge < -0.3 is 23.7 Å². The van der Waals surface area contributed by atoms with Gasteiger partial charge in [0, 0.05) is 44.1 Å². The first-order valence-electron chi connectivity index (χ1n) is 11.5. The Balaban J connectivity index is 2.11. The molecule has 0 spiro atoms. The molecule has 0 radical (unpaired) electrons. The van der Waals surface area contributed by atoms with Gasteiger partial charge in [-0.25, -0.2) is 0 Å². The summed E-state index contributed by atoms with van der Waals surface area (Å²) in [7, 11) is 0. The number of ether oxygens (including phenoxy) is 5. The molecule has 0 N–H and O–H groups in total. The second-order valence-electron chi connectivity index (χ2n) is 8.24. The molecule has 198 valence electrons. The lowest BCUT2D eigenvalue weighted by molar-refractivity contribution is -0.242. The minimum Gasteiger partial charge on any atom is -0.463 e. The minimum atomic E-state index is -1.28. The first-order valence-corrected chi connectivity index (χ1v) is 12.3. The van der Waals surface area contributed by atoms with Crippen molar-refractivity contribution in [1.29, 1.82) is 0 Å². The van der Waals surface area contributed by atoms with Crippen LogP contribution in [-0.4, -0.2) is 70.8 Å². The zero-order valence-electron chi connectivity index (χ0n) is 21.0. The van der Waals surface area contributed by atoms with E-state index in [1.807, 2.05) is 19.1 Å². The maximum atomic E-state index is 12.0. The highest BCUT2D eigenvalue weighted by Gasteiger charge is 2.51. The monoisotopic (exact) mass is 578 g/mol. The number of rotatable bonds is 6. The molecule has 1 saturated heterocycles. The van der Waals surface area contributed by atoms with Gasteiger partial charge in [-0.15, -0.1) is 0 Å². The van der Waals surface area contributed by atoms with Crippen LogP contribution >= 0.6 is 15.9 Å². The van der Waals surface area contributed by atoms with Crippen molar-refractivity contribution in [3.63, 3.8) is 0 Å². The molecular weight excluding hydrogens is 552 g/mol. The van der Waals surface area contributed by atoms with Gasteiger partial charge in [-0.1, -0.05) is 27.8 Å². The molecular formula is C25H27BrN2O9. The molecule has 0 unspecified atom stereocenters. The SMILES string of the molecule is CCn1ncc2cc(Br)cc(C#C[C@H]3O[C@H](COC(C)=O)[C@@H](OC(C)=O)[C@H](OC(C)=O)[C@@H]3OC(C)=O)c21. The van der Waals surface area contributed by atoms with Crippen LogP contribution in [0.5, 0.6) is 0 Å². The third-order valence-electron chi connectivity index (χ3n) is 5.34. The summed E-state index contributed by atoms with van der Waals surface area (Å²) in [6.07, 6.45) is -4.22. The van der Waals surface area contributed by atoms with Crippen LogP contribution in [0.2, 0.25) is 0 Å². The smallest absolute Gasteiger partial charge is 0.303 e. The molecule has 1 aromatic heterocycles. The predicted octanol–water partition coefficient (Wildman–Crippen LogP) is 2.30. The Hall–Kier alpha value is -3.43. The summed E-state index contributed by atoms with van der Waals surface area (Å²) in [4.78, 5) is 47.3. The molecule has 1 aliphatic heterocycles. The summed E-state index contributed by atoms with van der Waals surface area (Å²) in [5.74, 6) is 3.34. The van der Waals surface area contributed by atoms with Crippen molar-refractivity contribution >= 4 is 50.7 Å². The van der Waals surface area contributed by atoms with Crippen LogP contribution in [-0.2, 0) is 49.4 Å². The van der Waals surface area contributed by atoms with Crippen molar-refractivity contribution in [1.82, 2.24) is 9.78 Å². The fourth-order valence-corrected chi connectivity index (χ4v) is 4.50. The molecule has 5 atom stereocenters. The molecule has 37 heavy (non-hydrogen) atoms. The van der Waals surface area contributed by atoms with Crippen molar-refractivity contribution in [2.45, 2.75) is 71.7 Å². The summed E-state index contributed by atoms with van der Waals surface area (Å²) < 4.78 is 30.0. The third-order valence-corrected chi connectivity index (χ3v) is 5.80. The minimum absolute atomic E-state index is 0.320. The highest BCUT2D eigenvalue weighted by molar-refractivity contribution is 9.10. The van der Waals surface area contributed by atoms with Crippen LogP contribution in [0.25, 0.3) is 10.9 Å². The predicted molar refractivity (Wildman–Crippen MR) is 132 cm³/mol. The molecule has 2 aromatic rings. The van der Waals surface area contributed by atoms with Crippen molar-refractivity contribution in [2.75, 3.05) is 6.61 Å². The van der Waals surface area contributed by atoms with Crippen molar-refractivity contribution in [3.05, 3.63) is 28.4 Å². The number of halogens is 1. The fourth-order valence-electron chi connectivity index (χ4n) is 4.02. The quantitative estimate of drug-likeness (QED) is 0.285. The summed E-state index contributed by atoms with van der Waals surface area (Å²) in [6, 6.07) is 3.72. The van der Waals surface area contributed by atoms with Gasteiger partial charge in [0.05, 0.1) is 17.3 Å². The molecule has 0 saturated carbocycles. The summed E-state index contributed by atoms with van der Waals surface area (Å²) in [6.45, 7) is 6.96. The number of benzene rings is 1. The molecule has 11 nitrogen and oxygen atoms in total. The molecule has 2 heterocycles. The Morgan fingerprint density at radius 1 is 0.973 bits per heavy atom. The number of aryl methyl sites for hydroxylation is 1. The van der Waals surface area contributed by atoms with Crippen molar-refractivity contribution in [3.8, 4) is 11.8 Å². The van der Waals surface area contributed by atoms with Crippen LogP contribution in [0.3, 0.4) is 0 Å². The van der Waals surface area contributed by atoms with Gasteiger partial charge in [0.25, 0.3) is 0 Å². The van der Waals surface area contributed by atoms with Gasteiger partial charge in [-0.3, -0.25) is 23.9 Å². The lowest BCUT2D eigenvalue weighted by atomic mass is 9.94. The maximum absolute atomic E-state index is 12.0. The molecule has 12 heteroatoms. The van der Waals surface area contributed by atoms with E-state index in [-0.39, 0.29) is 6.61 Å². The Morgan fingerprint density at radius 2 is 1.59 bits per heavy atom. The molecule has 1 aromatic carbocycles. The summed E-state index contributed by atoms with van der Waals surface area (Å²) in [5, 5.41) is 5.24. The zero-order chi connectivity index (χ0) is 27.3. The van der Waals surface area contributed by atoms with Gasteiger partial charge in [-0.05, 0) is 19.1 Å². The average Bonchev–Trinajstić information content (AvgIpc) is 3.21. The number of hydrogen-bond donors (Lipinski definition) is 0. The summed E-state index contributed by atoms with van der Waals surface area (Å²) in [5.41, 5.74) is 1.42. The fraction of sp³-hybridized carbons (Fsp3) is 0.480. The molecule has 3 rings (SSSR count). The van der Waals surface area contributed by atoms with E-state index >= 15 is 0 Å². The van der Waals surface area contributed by atoms with E-state index < -0.39 is 54.4 Å². The highest BCUT2D eigenvalue weighted by Crippen LogP contribution is 2.30. The Kier molecular flexibility index (Phi) is 9.29. The number of esters is 4. The second kappa shape index (κ2) is 12.2. The van der Waals surface area contributed by atoms with Gasteiger partial charge in [-0.2, -0.15) is 5.10 Å². The Labute approximate surface area is 221 Å². The van der Waals surface area contributed by atoms with Crippen LogP contribution < -0.4 is 0 Å². The number of nitrogens with zero attached hydrogens (tertiary/aromatic N) is 2. The van der Waals surface area contributed by atoms with Crippen molar-refractivity contribution in [2.24, 2.45) is 0 Å². The van der Waals surface area contributed by atoms with E-state index in [4.69, 9.17) is 23.7 Å². The Morgan fingerprint density at radius 3 is 2.19 bits per heavy atom. The van der Waals surface area contributed by atoms with Gasteiger partial charge >= 0.3 is 23.9 Å². The van der Waals surface area contributed by atoms with Crippen LogP contribution in [0.1, 0.15) is 40.2 Å². The van der Waals surface area contributed by atoms with Crippen LogP contribution in [0.15, 0.2) is 22.8 Å². The van der Waals surface area contributed by atoms with E-state index in [9.17, 15) is 19.2 Å². The summed E-state index contributed by atoms with van der Waals surface area (Å²) >= 11 is 3.48. The van der Waals surface area contributed by atoms with Gasteiger partial charge in [0.15, 0.2) is 24.4 Å². The normalized spacial score (nSPS) is 22.9. The van der Waals surface area contributed by atoms with E-state index in [0.29, 0.717) is 12.1 Å². The second-order valence-corrected chi connectivity index (χ2v) is 9.16. The standard InChI is InChI=1S/C25H27BrN2O9/c1-6-28-22-17(9-19(26)10-18(22)11-27-28)7-8-20-23(34-14(3)30)25(36-16(5)32)24(35-15(4)31)21(37-20)12-33-13(2)29/h9-11,20-21,23-25H,6,12H2,1-5H3/t20-,21-,23-,24-,25-/m1/s1. The van der Waals surface area contributed by atoms with E-state index in [2.05, 4.69) is 32.9 Å². The number of carbonyl (C=O) groups is 4. The Bertz CT molecular complexity index is 1260. The average molecular weight is 579 g/mol. The number of carbonyl (C=O) groups excluding carboxylic acids is 4. The molecule has 0 amide bonds. The molecule has 1 fully saturated rings. The van der Waals surface area contributed by atoms with E-state index in [0.717, 1.165) is 29.2 Å². The topological polar surface area (TPSA) is 132 Å². The van der Waals surface area contributed by atoms with Gasteiger partial charge in [0.2, 0.25) is 0 Å². The van der Waals surface area contributed by atoms with Crippen molar-refractivity contribution < 1.29 is 42.9 Å². The number of aromatic nitrogens is 2. The molecule has 0 aliphatic carbocycles. The lowest BCUT2D eigenvalue weighted by Gasteiger charge is -2.42. The van der Waals surface area contributed by atoms with Crippen LogP contribution in [0.4, 0.5) is 0 Å². The molecule has 0 bridgehead atoms. The van der Waals surface area contributed by atoms with E-state index in [1.54, 1.807) is 10.9 Å². The largest absolute Gasteiger partial charge is 0.463 e. The molecule has 1 aliphatic rings. The van der Waals surface area contributed by atoms with Crippen LogP contribution in [0, 0.1) is 11.8 Å². The first-order chi connectivity index (χ1) is 17.5. The lowest BCUT2D eigenvalue weighted by Crippen LogP contribution is -2.62. The highest BCUT2D eigenvalue weighted by atomic mass is 79.9. The van der Waals surface area contributed by atoms with Gasteiger partial charge in [0.1, 0.15) is 12.7 Å². The third kappa shape index (κ3) is 7.08. The number of hydrogen-bond acceptors (Lipinski definition) is 10.